The van der Waals surface area contributed by atoms with Gasteiger partial charge in [-0.1, -0.05) is 31.9 Å². The molecule has 0 radical (unpaired) electrons. The van der Waals surface area contributed by atoms with Gasteiger partial charge < -0.3 is 5.73 Å². The maximum absolute atomic E-state index is 5.57. The number of nitrogens with two attached hydrogens (primary N) is 1. The molecular weight excluding hydrogens is 258 g/mol. The third-order valence-electron chi connectivity index (χ3n) is 1.30. The molecule has 0 saturated carbocycles. The first-order chi connectivity index (χ1) is 4.61. The van der Waals surface area contributed by atoms with Crippen LogP contribution in [0.15, 0.2) is 21.1 Å². The molecule has 54 valence electrons. The van der Waals surface area contributed by atoms with Crippen molar-refractivity contribution in [2.45, 2.75) is 6.92 Å². The first kappa shape index (κ1) is 8.08. The minimum absolute atomic E-state index is 0.768. The summed E-state index contributed by atoms with van der Waals surface area (Å²) < 4.78 is 2.08. The second-order valence-electron chi connectivity index (χ2n) is 2.11. The van der Waals surface area contributed by atoms with Gasteiger partial charge in [-0.05, 0) is 24.6 Å². The Morgan fingerprint density at radius 2 is 1.60 bits per heavy atom. The Labute approximate surface area is 76.9 Å². The van der Waals surface area contributed by atoms with Crippen LogP contribution in [-0.4, -0.2) is 0 Å². The van der Waals surface area contributed by atoms with Crippen LogP contribution in [0.3, 0.4) is 0 Å². The van der Waals surface area contributed by atoms with Crippen molar-refractivity contribution in [1.82, 2.24) is 0 Å². The lowest BCUT2D eigenvalue weighted by Gasteiger charge is -2.01. The maximum Gasteiger partial charge on any atom is 0.0336 e. The van der Waals surface area contributed by atoms with Crippen molar-refractivity contribution in [3.05, 3.63) is 26.6 Å². The molecule has 0 aromatic heterocycles. The Hall–Kier alpha value is -0.0200. The van der Waals surface area contributed by atoms with Gasteiger partial charge in [0, 0.05) is 14.6 Å². The predicted octanol–water partition coefficient (Wildman–Crippen LogP) is 3.10. The molecule has 1 aromatic carbocycles. The van der Waals surface area contributed by atoms with Gasteiger partial charge in [-0.2, -0.15) is 0 Å². The van der Waals surface area contributed by atoms with Crippen LogP contribution in [0, 0.1) is 6.92 Å². The minimum atomic E-state index is 0.768. The zero-order chi connectivity index (χ0) is 7.72. The molecule has 0 fully saturated rings. The zero-order valence-electron chi connectivity index (χ0n) is 5.49. The average molecular weight is 265 g/mol. The van der Waals surface area contributed by atoms with E-state index in [2.05, 4.69) is 31.9 Å². The Balaban J connectivity index is 3.31. The summed E-state index contributed by atoms with van der Waals surface area (Å²) in [5.74, 6) is 0. The summed E-state index contributed by atoms with van der Waals surface area (Å²) in [6.07, 6.45) is 0. The van der Waals surface area contributed by atoms with Crippen LogP contribution in [-0.2, 0) is 0 Å². The van der Waals surface area contributed by atoms with Crippen molar-refractivity contribution in [3.63, 3.8) is 0 Å². The number of benzene rings is 1. The number of hydrogen-bond acceptors (Lipinski definition) is 1. The van der Waals surface area contributed by atoms with Crippen LogP contribution < -0.4 is 5.73 Å². The van der Waals surface area contributed by atoms with Crippen molar-refractivity contribution in [1.29, 1.82) is 0 Å². The highest BCUT2D eigenvalue weighted by atomic mass is 79.9. The number of nitrogen functional groups attached to an aromatic ring is 1. The fraction of sp³-hybridized carbons (Fsp3) is 0.143. The van der Waals surface area contributed by atoms with Gasteiger partial charge in [0.05, 0.1) is 0 Å². The smallest absolute Gasteiger partial charge is 0.0336 e. The molecule has 0 spiro atoms. The lowest BCUT2D eigenvalue weighted by Crippen LogP contribution is -1.86. The van der Waals surface area contributed by atoms with Crippen LogP contribution in [0.5, 0.6) is 0 Å². The van der Waals surface area contributed by atoms with Gasteiger partial charge in [-0.3, -0.25) is 0 Å². The summed E-state index contributed by atoms with van der Waals surface area (Å²) in [6, 6.07) is 3.78. The Bertz CT molecular complexity index is 235. The monoisotopic (exact) mass is 263 g/mol. The fourth-order valence-electron chi connectivity index (χ4n) is 0.665. The SMILES string of the molecule is Cc1c(Br)cc(N)cc1Br. The van der Waals surface area contributed by atoms with E-state index in [-0.39, 0.29) is 0 Å². The molecular formula is C7H7Br2N. The van der Waals surface area contributed by atoms with Crippen molar-refractivity contribution in [2.24, 2.45) is 0 Å². The van der Waals surface area contributed by atoms with Gasteiger partial charge >= 0.3 is 0 Å². The molecule has 10 heavy (non-hydrogen) atoms. The molecule has 0 saturated heterocycles. The van der Waals surface area contributed by atoms with Crippen molar-refractivity contribution in [2.75, 3.05) is 5.73 Å². The first-order valence-corrected chi connectivity index (χ1v) is 4.41. The quantitative estimate of drug-likeness (QED) is 0.716. The van der Waals surface area contributed by atoms with Gasteiger partial charge in [0.2, 0.25) is 0 Å². The van der Waals surface area contributed by atoms with E-state index >= 15 is 0 Å². The van der Waals surface area contributed by atoms with E-state index in [1.54, 1.807) is 0 Å². The molecule has 0 heterocycles. The molecule has 1 nitrogen and oxygen atoms in total. The van der Waals surface area contributed by atoms with Crippen molar-refractivity contribution in [3.8, 4) is 0 Å². The lowest BCUT2D eigenvalue weighted by atomic mass is 10.2. The molecule has 1 aromatic rings. The molecule has 0 aliphatic rings. The molecule has 1 rings (SSSR count). The Kier molecular flexibility index (Phi) is 2.36. The van der Waals surface area contributed by atoms with Gasteiger partial charge in [0.1, 0.15) is 0 Å². The summed E-state index contributed by atoms with van der Waals surface area (Å²) in [5, 5.41) is 0. The summed E-state index contributed by atoms with van der Waals surface area (Å²) >= 11 is 6.77. The number of halogens is 2. The van der Waals surface area contributed by atoms with Crippen LogP contribution in [0.25, 0.3) is 0 Å². The van der Waals surface area contributed by atoms with Crippen LogP contribution in [0.2, 0.25) is 0 Å². The second-order valence-corrected chi connectivity index (χ2v) is 3.82. The molecule has 0 aliphatic carbocycles. The van der Waals surface area contributed by atoms with Gasteiger partial charge in [-0.15, -0.1) is 0 Å². The second kappa shape index (κ2) is 2.93. The minimum Gasteiger partial charge on any atom is -0.399 e. The molecule has 0 unspecified atom stereocenters. The normalized spacial score (nSPS) is 9.90. The highest BCUT2D eigenvalue weighted by molar-refractivity contribution is 9.11. The molecule has 0 aliphatic heterocycles. The molecule has 2 N–H and O–H groups in total. The Morgan fingerprint density at radius 3 is 2.00 bits per heavy atom. The van der Waals surface area contributed by atoms with E-state index in [0.29, 0.717) is 0 Å². The van der Waals surface area contributed by atoms with Crippen LogP contribution >= 0.6 is 31.9 Å². The standard InChI is InChI=1S/C7H7Br2N/c1-4-6(8)2-5(10)3-7(4)9/h2-3H,10H2,1H3. The summed E-state index contributed by atoms with van der Waals surface area (Å²) in [5.41, 5.74) is 7.51. The summed E-state index contributed by atoms with van der Waals surface area (Å²) in [6.45, 7) is 2.02. The van der Waals surface area contributed by atoms with E-state index in [1.165, 1.54) is 5.56 Å². The zero-order valence-corrected chi connectivity index (χ0v) is 8.66. The largest absolute Gasteiger partial charge is 0.399 e. The lowest BCUT2D eigenvalue weighted by molar-refractivity contribution is 1.40. The highest BCUT2D eigenvalue weighted by Gasteiger charge is 1.99. The van der Waals surface area contributed by atoms with E-state index in [4.69, 9.17) is 5.73 Å². The van der Waals surface area contributed by atoms with Gasteiger partial charge in [0.15, 0.2) is 0 Å². The van der Waals surface area contributed by atoms with Crippen molar-refractivity contribution < 1.29 is 0 Å². The maximum atomic E-state index is 5.57. The Morgan fingerprint density at radius 1 is 1.20 bits per heavy atom. The van der Waals surface area contributed by atoms with E-state index in [9.17, 15) is 0 Å². The topological polar surface area (TPSA) is 26.0 Å². The molecule has 0 bridgehead atoms. The van der Waals surface area contributed by atoms with Gasteiger partial charge in [-0.25, -0.2) is 0 Å². The molecule has 0 atom stereocenters. The average Bonchev–Trinajstić information content (AvgIpc) is 1.82. The van der Waals surface area contributed by atoms with Gasteiger partial charge in [0.25, 0.3) is 0 Å². The van der Waals surface area contributed by atoms with E-state index < -0.39 is 0 Å². The predicted molar refractivity (Wildman–Crippen MR) is 51.0 cm³/mol. The fourth-order valence-corrected chi connectivity index (χ4v) is 1.89. The number of hydrogen-bond donors (Lipinski definition) is 1. The highest BCUT2D eigenvalue weighted by Crippen LogP contribution is 2.26. The van der Waals surface area contributed by atoms with E-state index in [1.807, 2.05) is 19.1 Å². The third kappa shape index (κ3) is 1.52. The summed E-state index contributed by atoms with van der Waals surface area (Å²) in [4.78, 5) is 0. The molecule has 3 heteroatoms. The molecule has 0 amide bonds. The number of anilines is 1. The van der Waals surface area contributed by atoms with Crippen molar-refractivity contribution >= 4 is 37.5 Å². The first-order valence-electron chi connectivity index (χ1n) is 2.82. The third-order valence-corrected chi connectivity index (χ3v) is 2.95. The number of rotatable bonds is 0. The summed E-state index contributed by atoms with van der Waals surface area (Å²) in [7, 11) is 0. The van der Waals surface area contributed by atoms with E-state index in [0.717, 1.165) is 14.6 Å². The van der Waals surface area contributed by atoms with Crippen LogP contribution in [0.4, 0.5) is 5.69 Å². The van der Waals surface area contributed by atoms with Crippen LogP contribution in [0.1, 0.15) is 5.56 Å².